The molecule has 186 valence electrons. The molecule has 0 radical (unpaired) electrons. The fourth-order valence-electron chi connectivity index (χ4n) is 4.43. The summed E-state index contributed by atoms with van der Waals surface area (Å²) in [6, 6.07) is 16.3. The Morgan fingerprint density at radius 1 is 1.03 bits per heavy atom. The van der Waals surface area contributed by atoms with Crippen LogP contribution in [0.5, 0.6) is 11.5 Å². The van der Waals surface area contributed by atoms with Crippen molar-refractivity contribution in [3.05, 3.63) is 86.6 Å². The zero-order valence-corrected chi connectivity index (χ0v) is 21.8. The zero-order chi connectivity index (χ0) is 25.2. The van der Waals surface area contributed by atoms with E-state index in [4.69, 9.17) is 49.3 Å². The maximum Gasteiger partial charge on any atom is 0.243 e. The van der Waals surface area contributed by atoms with Gasteiger partial charge in [0.2, 0.25) is 12.7 Å². The molecular weight excluding hydrogens is 521 g/mol. The fourth-order valence-corrected chi connectivity index (χ4v) is 4.95. The van der Waals surface area contributed by atoms with Crippen molar-refractivity contribution in [2.24, 2.45) is 0 Å². The number of rotatable bonds is 8. The molecule has 5 rings (SSSR count). The third-order valence-corrected chi connectivity index (χ3v) is 7.28. The van der Waals surface area contributed by atoms with Crippen molar-refractivity contribution in [1.82, 2.24) is 14.9 Å². The van der Waals surface area contributed by atoms with E-state index in [0.29, 0.717) is 57.3 Å². The predicted octanol–water partition coefficient (Wildman–Crippen LogP) is 6.97. The van der Waals surface area contributed by atoms with Crippen LogP contribution < -0.4 is 14.8 Å². The first kappa shape index (κ1) is 24.8. The Labute approximate surface area is 224 Å². The summed E-state index contributed by atoms with van der Waals surface area (Å²) in [5, 5.41) is 4.55. The molecule has 2 heterocycles. The van der Waals surface area contributed by atoms with Gasteiger partial charge in [-0.05, 0) is 47.9 Å². The molecule has 0 saturated carbocycles. The first-order chi connectivity index (χ1) is 17.4. The Morgan fingerprint density at radius 2 is 1.81 bits per heavy atom. The van der Waals surface area contributed by atoms with E-state index in [1.165, 1.54) is 0 Å². The van der Waals surface area contributed by atoms with Gasteiger partial charge in [0.25, 0.3) is 0 Å². The molecule has 1 amide bonds. The van der Waals surface area contributed by atoms with Crippen molar-refractivity contribution in [2.45, 2.75) is 38.8 Å². The molecule has 9 heteroatoms. The minimum atomic E-state index is -0.497. The quantitative estimate of drug-likeness (QED) is 0.260. The van der Waals surface area contributed by atoms with E-state index in [1.54, 1.807) is 12.1 Å². The highest BCUT2D eigenvalue weighted by molar-refractivity contribution is 6.42. The number of carbonyl (C=O) groups excluding carboxylic acids is 1. The number of nitrogens with one attached hydrogen (secondary N) is 1. The highest BCUT2D eigenvalue weighted by Gasteiger charge is 2.26. The number of ether oxygens (including phenoxy) is 2. The second kappa shape index (κ2) is 10.6. The standard InChI is InChI=1S/C27H24Cl3N3O3/c1-2-5-22(27(34)31-14-16-8-9-24-25(10-16)36-15-35-24)33-23-13-20(30)19(29)12-21(23)32-26(33)11-17-6-3-4-7-18(17)28/h3-4,6-10,12-13,22H,2,5,11,14-15H2,1H3,(H,31,34)/t22-/m1/s1. The van der Waals surface area contributed by atoms with E-state index in [-0.39, 0.29) is 12.7 Å². The number of nitrogens with zero attached hydrogens (tertiary/aromatic N) is 2. The Bertz CT molecular complexity index is 1440. The molecule has 1 atom stereocenters. The number of hydrogen-bond donors (Lipinski definition) is 1. The van der Waals surface area contributed by atoms with Crippen LogP contribution in [0.15, 0.2) is 54.6 Å². The van der Waals surface area contributed by atoms with Gasteiger partial charge in [-0.15, -0.1) is 0 Å². The summed E-state index contributed by atoms with van der Waals surface area (Å²) in [5.74, 6) is 1.99. The molecule has 4 aromatic rings. The third kappa shape index (κ3) is 4.99. The first-order valence-corrected chi connectivity index (χ1v) is 12.8. The highest BCUT2D eigenvalue weighted by Crippen LogP contribution is 2.34. The van der Waals surface area contributed by atoms with Gasteiger partial charge in [0, 0.05) is 18.0 Å². The monoisotopic (exact) mass is 543 g/mol. The van der Waals surface area contributed by atoms with Crippen molar-refractivity contribution in [2.75, 3.05) is 6.79 Å². The SMILES string of the molecule is CCC[C@H](C(=O)NCc1ccc2c(c1)OCO2)n1c(Cc2ccccc2Cl)nc2cc(Cl)c(Cl)cc21. The molecule has 1 aromatic heterocycles. The van der Waals surface area contributed by atoms with Crippen LogP contribution >= 0.6 is 34.8 Å². The lowest BCUT2D eigenvalue weighted by molar-refractivity contribution is -0.124. The Balaban J connectivity index is 1.50. The molecule has 0 spiro atoms. The lowest BCUT2D eigenvalue weighted by Gasteiger charge is -2.21. The Hall–Kier alpha value is -2.93. The van der Waals surface area contributed by atoms with Crippen LogP contribution in [-0.2, 0) is 17.8 Å². The maximum atomic E-state index is 13.6. The summed E-state index contributed by atoms with van der Waals surface area (Å²) < 4.78 is 12.8. The number of hydrogen-bond acceptors (Lipinski definition) is 4. The minimum Gasteiger partial charge on any atom is -0.454 e. The van der Waals surface area contributed by atoms with Gasteiger partial charge in [0.15, 0.2) is 11.5 Å². The number of amides is 1. The second-order valence-electron chi connectivity index (χ2n) is 8.63. The van der Waals surface area contributed by atoms with Crippen LogP contribution in [-0.4, -0.2) is 22.3 Å². The van der Waals surface area contributed by atoms with Crippen molar-refractivity contribution < 1.29 is 14.3 Å². The fraction of sp³-hybridized carbons (Fsp3) is 0.259. The average Bonchev–Trinajstić information content (AvgIpc) is 3.46. The highest BCUT2D eigenvalue weighted by atomic mass is 35.5. The van der Waals surface area contributed by atoms with E-state index in [1.807, 2.05) is 47.0 Å². The Morgan fingerprint density at radius 3 is 2.61 bits per heavy atom. The normalized spacial score (nSPS) is 13.2. The van der Waals surface area contributed by atoms with Gasteiger partial charge in [-0.1, -0.05) is 72.4 Å². The molecule has 36 heavy (non-hydrogen) atoms. The molecule has 0 fully saturated rings. The molecule has 0 aliphatic carbocycles. The van der Waals surface area contributed by atoms with E-state index in [9.17, 15) is 4.79 Å². The molecule has 1 aliphatic heterocycles. The van der Waals surface area contributed by atoms with Crippen LogP contribution in [0.2, 0.25) is 15.1 Å². The van der Waals surface area contributed by atoms with Gasteiger partial charge < -0.3 is 19.4 Å². The van der Waals surface area contributed by atoms with Crippen molar-refractivity contribution in [3.8, 4) is 11.5 Å². The van der Waals surface area contributed by atoms with Crippen molar-refractivity contribution in [1.29, 1.82) is 0 Å². The third-order valence-electron chi connectivity index (χ3n) is 6.19. The number of halogens is 3. The topological polar surface area (TPSA) is 65.4 Å². The second-order valence-corrected chi connectivity index (χ2v) is 9.85. The smallest absolute Gasteiger partial charge is 0.243 e. The van der Waals surface area contributed by atoms with Crippen molar-refractivity contribution >= 4 is 51.7 Å². The van der Waals surface area contributed by atoms with E-state index < -0.39 is 6.04 Å². The maximum absolute atomic E-state index is 13.6. The van der Waals surface area contributed by atoms with E-state index >= 15 is 0 Å². The molecule has 0 saturated heterocycles. The van der Waals surface area contributed by atoms with Crippen LogP contribution in [0.3, 0.4) is 0 Å². The summed E-state index contributed by atoms with van der Waals surface area (Å²) in [7, 11) is 0. The van der Waals surface area contributed by atoms with Gasteiger partial charge in [0.05, 0.1) is 21.1 Å². The summed E-state index contributed by atoms with van der Waals surface area (Å²) in [6.45, 7) is 2.61. The molecule has 1 aliphatic rings. The van der Waals surface area contributed by atoms with Crippen LogP contribution in [0.4, 0.5) is 0 Å². The van der Waals surface area contributed by atoms with E-state index in [2.05, 4.69) is 12.2 Å². The summed E-state index contributed by atoms with van der Waals surface area (Å²) in [4.78, 5) is 18.4. The predicted molar refractivity (Wildman–Crippen MR) is 142 cm³/mol. The molecule has 3 aromatic carbocycles. The molecule has 0 unspecified atom stereocenters. The van der Waals surface area contributed by atoms with Gasteiger partial charge >= 0.3 is 0 Å². The molecule has 6 nitrogen and oxygen atoms in total. The van der Waals surface area contributed by atoms with Crippen LogP contribution in [0, 0.1) is 0 Å². The molecular formula is C27H24Cl3N3O3. The Kier molecular flexibility index (Phi) is 7.28. The van der Waals surface area contributed by atoms with Crippen LogP contribution in [0.25, 0.3) is 11.0 Å². The number of carbonyl (C=O) groups is 1. The number of benzene rings is 3. The van der Waals surface area contributed by atoms with Gasteiger partial charge in [-0.2, -0.15) is 0 Å². The summed E-state index contributed by atoms with van der Waals surface area (Å²) >= 11 is 19.1. The van der Waals surface area contributed by atoms with Gasteiger partial charge in [-0.3, -0.25) is 4.79 Å². The lowest BCUT2D eigenvalue weighted by Crippen LogP contribution is -2.33. The molecule has 0 bridgehead atoms. The summed E-state index contributed by atoms with van der Waals surface area (Å²) in [6.07, 6.45) is 1.88. The number of aromatic nitrogens is 2. The zero-order valence-electron chi connectivity index (χ0n) is 19.6. The largest absolute Gasteiger partial charge is 0.454 e. The number of fused-ring (bicyclic) bond motifs is 2. The molecule has 1 N–H and O–H groups in total. The minimum absolute atomic E-state index is 0.111. The lowest BCUT2D eigenvalue weighted by atomic mass is 10.1. The van der Waals surface area contributed by atoms with Crippen LogP contribution in [0.1, 0.15) is 42.8 Å². The summed E-state index contributed by atoms with van der Waals surface area (Å²) in [5.41, 5.74) is 3.27. The van der Waals surface area contributed by atoms with Gasteiger partial charge in [0.1, 0.15) is 11.9 Å². The van der Waals surface area contributed by atoms with Gasteiger partial charge in [-0.25, -0.2) is 4.98 Å². The average molecular weight is 545 g/mol. The number of imidazole rings is 1. The van der Waals surface area contributed by atoms with E-state index in [0.717, 1.165) is 23.1 Å². The first-order valence-electron chi connectivity index (χ1n) is 11.7. The van der Waals surface area contributed by atoms with Crippen molar-refractivity contribution in [3.63, 3.8) is 0 Å².